The summed E-state index contributed by atoms with van der Waals surface area (Å²) in [6, 6.07) is 3.80. The van der Waals surface area contributed by atoms with Crippen LogP contribution in [0.4, 0.5) is 5.69 Å². The number of aromatic nitrogens is 2. The van der Waals surface area contributed by atoms with Crippen LogP contribution in [-0.2, 0) is 21.9 Å². The van der Waals surface area contributed by atoms with Gasteiger partial charge in [-0.3, -0.25) is 9.40 Å². The Kier molecular flexibility index (Phi) is 5.58. The average molecular weight is 388 g/mol. The second-order valence-electron chi connectivity index (χ2n) is 5.64. The first kappa shape index (κ1) is 19.1. The van der Waals surface area contributed by atoms with Gasteiger partial charge in [-0.2, -0.15) is 5.10 Å². The highest BCUT2D eigenvalue weighted by Crippen LogP contribution is 2.29. The number of aliphatic carboxylic acids is 1. The van der Waals surface area contributed by atoms with Gasteiger partial charge in [-0.15, -0.1) is 0 Å². The average Bonchev–Trinajstić information content (AvgIpc) is 2.85. The largest absolute Gasteiger partial charge is 0.480 e. The third-order valence-corrected chi connectivity index (χ3v) is 4.87. The van der Waals surface area contributed by atoms with Gasteiger partial charge < -0.3 is 9.84 Å². The van der Waals surface area contributed by atoms with Gasteiger partial charge in [0.1, 0.15) is 5.75 Å². The van der Waals surface area contributed by atoms with Crippen molar-refractivity contribution in [2.75, 3.05) is 11.3 Å². The van der Waals surface area contributed by atoms with E-state index in [4.69, 9.17) is 21.4 Å². The molecule has 10 heteroatoms. The van der Waals surface area contributed by atoms with E-state index >= 15 is 0 Å². The first-order valence-electron chi connectivity index (χ1n) is 7.30. The number of nitrogens with one attached hydrogen (secondary N) is 1. The van der Waals surface area contributed by atoms with Crippen LogP contribution in [0.2, 0.25) is 5.02 Å². The van der Waals surface area contributed by atoms with E-state index in [1.165, 1.54) is 22.9 Å². The molecule has 2 N–H and O–H groups in total. The van der Waals surface area contributed by atoms with Crippen LogP contribution in [0.1, 0.15) is 25.5 Å². The van der Waals surface area contributed by atoms with Gasteiger partial charge in [0.25, 0.3) is 10.0 Å². The third-order valence-electron chi connectivity index (χ3n) is 3.21. The normalized spacial score (nSPS) is 11.6. The number of sulfonamides is 1. The number of hydrogen-bond acceptors (Lipinski definition) is 5. The van der Waals surface area contributed by atoms with E-state index in [2.05, 4.69) is 9.82 Å². The predicted octanol–water partition coefficient (Wildman–Crippen LogP) is 2.46. The van der Waals surface area contributed by atoms with Crippen molar-refractivity contribution in [2.45, 2.75) is 24.7 Å². The SMILES string of the molecule is CC(C)c1nn(C)cc1NS(=O)(=O)c1ccc(OCC(=O)O)c(Cl)c1. The lowest BCUT2D eigenvalue weighted by molar-refractivity contribution is -0.139. The molecular formula is C15H18ClN3O5S. The molecule has 0 aliphatic heterocycles. The van der Waals surface area contributed by atoms with Crippen molar-refractivity contribution in [2.24, 2.45) is 7.05 Å². The van der Waals surface area contributed by atoms with Crippen LogP contribution in [0.25, 0.3) is 0 Å². The standard InChI is InChI=1S/C15H18ClN3O5S/c1-9(2)15-12(7-19(3)17-15)18-25(22,23)10-4-5-13(11(16)6-10)24-8-14(20)21/h4-7,9,18H,8H2,1-3H3,(H,20,21). The lowest BCUT2D eigenvalue weighted by Gasteiger charge is -2.11. The molecule has 0 aliphatic carbocycles. The van der Waals surface area contributed by atoms with E-state index in [1.54, 1.807) is 13.2 Å². The van der Waals surface area contributed by atoms with Crippen molar-refractivity contribution in [3.05, 3.63) is 35.1 Å². The maximum atomic E-state index is 12.6. The molecule has 2 rings (SSSR count). The number of aryl methyl sites for hydroxylation is 1. The maximum Gasteiger partial charge on any atom is 0.341 e. The van der Waals surface area contributed by atoms with Gasteiger partial charge in [-0.1, -0.05) is 25.4 Å². The first-order chi connectivity index (χ1) is 11.6. The summed E-state index contributed by atoms with van der Waals surface area (Å²) in [5.41, 5.74) is 1.01. The number of rotatable bonds is 7. The Bertz CT molecular complexity index is 893. The zero-order chi connectivity index (χ0) is 18.8. The van der Waals surface area contributed by atoms with Gasteiger partial charge in [-0.05, 0) is 24.1 Å². The number of halogens is 1. The molecule has 0 radical (unpaired) electrons. The van der Waals surface area contributed by atoms with Crippen LogP contribution in [-0.4, -0.2) is 35.9 Å². The van der Waals surface area contributed by atoms with Crippen LogP contribution in [0.3, 0.4) is 0 Å². The number of anilines is 1. The van der Waals surface area contributed by atoms with Crippen molar-refractivity contribution in [3.8, 4) is 5.75 Å². The summed E-state index contributed by atoms with van der Waals surface area (Å²) in [7, 11) is -2.18. The minimum Gasteiger partial charge on any atom is -0.480 e. The Morgan fingerprint density at radius 2 is 2.12 bits per heavy atom. The Morgan fingerprint density at radius 1 is 1.44 bits per heavy atom. The van der Waals surface area contributed by atoms with Gasteiger partial charge in [0.05, 0.1) is 21.3 Å². The maximum absolute atomic E-state index is 12.6. The zero-order valence-electron chi connectivity index (χ0n) is 13.9. The predicted molar refractivity (Wildman–Crippen MR) is 92.7 cm³/mol. The first-order valence-corrected chi connectivity index (χ1v) is 9.16. The van der Waals surface area contributed by atoms with Crippen molar-refractivity contribution < 1.29 is 23.1 Å². The molecule has 0 spiro atoms. The fourth-order valence-electron chi connectivity index (χ4n) is 2.12. The van der Waals surface area contributed by atoms with Crippen LogP contribution in [0.15, 0.2) is 29.3 Å². The van der Waals surface area contributed by atoms with Gasteiger partial charge in [0, 0.05) is 13.2 Å². The van der Waals surface area contributed by atoms with E-state index in [9.17, 15) is 13.2 Å². The van der Waals surface area contributed by atoms with Crippen molar-refractivity contribution in [1.82, 2.24) is 9.78 Å². The minimum atomic E-state index is -3.89. The van der Waals surface area contributed by atoms with Crippen molar-refractivity contribution >= 4 is 33.3 Å². The summed E-state index contributed by atoms with van der Waals surface area (Å²) in [4.78, 5) is 10.4. The highest BCUT2D eigenvalue weighted by molar-refractivity contribution is 7.92. The molecule has 136 valence electrons. The number of carboxylic acids is 1. The summed E-state index contributed by atoms with van der Waals surface area (Å²) < 4.78 is 34.2. The molecule has 1 aromatic heterocycles. The fraction of sp³-hybridized carbons (Fsp3) is 0.333. The number of nitrogens with zero attached hydrogens (tertiary/aromatic N) is 2. The lowest BCUT2D eigenvalue weighted by atomic mass is 10.1. The molecule has 0 atom stereocenters. The molecule has 0 saturated heterocycles. The van der Waals surface area contributed by atoms with Gasteiger partial charge >= 0.3 is 5.97 Å². The van der Waals surface area contributed by atoms with E-state index in [-0.39, 0.29) is 21.6 Å². The summed E-state index contributed by atoms with van der Waals surface area (Å²) in [6.07, 6.45) is 1.58. The van der Waals surface area contributed by atoms with Crippen LogP contribution < -0.4 is 9.46 Å². The van der Waals surface area contributed by atoms with Crippen LogP contribution in [0.5, 0.6) is 5.75 Å². The number of carboxylic acid groups (broad SMARTS) is 1. The summed E-state index contributed by atoms with van der Waals surface area (Å²) >= 11 is 5.98. The van der Waals surface area contributed by atoms with Crippen molar-refractivity contribution in [1.29, 1.82) is 0 Å². The number of hydrogen-bond donors (Lipinski definition) is 2. The highest BCUT2D eigenvalue weighted by Gasteiger charge is 2.21. The molecule has 0 aliphatic rings. The fourth-order valence-corrected chi connectivity index (χ4v) is 3.50. The van der Waals surface area contributed by atoms with E-state index in [0.717, 1.165) is 0 Å². The smallest absolute Gasteiger partial charge is 0.341 e. The second-order valence-corrected chi connectivity index (χ2v) is 7.73. The molecule has 0 unspecified atom stereocenters. The molecule has 0 saturated carbocycles. The quantitative estimate of drug-likeness (QED) is 0.755. The summed E-state index contributed by atoms with van der Waals surface area (Å²) in [6.45, 7) is 3.24. The number of carbonyl (C=O) groups is 1. The molecule has 0 bridgehead atoms. The summed E-state index contributed by atoms with van der Waals surface area (Å²) in [5.74, 6) is -1.03. The number of ether oxygens (including phenoxy) is 1. The highest BCUT2D eigenvalue weighted by atomic mass is 35.5. The second kappa shape index (κ2) is 7.32. The Hall–Kier alpha value is -2.26. The molecule has 0 fully saturated rings. The van der Waals surface area contributed by atoms with E-state index in [0.29, 0.717) is 11.4 Å². The van der Waals surface area contributed by atoms with Crippen LogP contribution >= 0.6 is 11.6 Å². The Balaban J connectivity index is 2.28. The summed E-state index contributed by atoms with van der Waals surface area (Å²) in [5, 5.41) is 12.9. The Morgan fingerprint density at radius 3 is 2.68 bits per heavy atom. The van der Waals surface area contributed by atoms with E-state index < -0.39 is 22.6 Å². The third kappa shape index (κ3) is 4.64. The van der Waals surface area contributed by atoms with E-state index in [1.807, 2.05) is 13.8 Å². The number of benzene rings is 1. The molecule has 0 amide bonds. The molecule has 1 heterocycles. The van der Waals surface area contributed by atoms with Gasteiger partial charge in [-0.25, -0.2) is 13.2 Å². The van der Waals surface area contributed by atoms with Gasteiger partial charge in [0.15, 0.2) is 6.61 Å². The zero-order valence-corrected chi connectivity index (χ0v) is 15.4. The molecule has 25 heavy (non-hydrogen) atoms. The molecule has 8 nitrogen and oxygen atoms in total. The van der Waals surface area contributed by atoms with Crippen LogP contribution in [0, 0.1) is 0 Å². The monoisotopic (exact) mass is 387 g/mol. The van der Waals surface area contributed by atoms with Crippen molar-refractivity contribution in [3.63, 3.8) is 0 Å². The Labute approximate surface area is 150 Å². The topological polar surface area (TPSA) is 111 Å². The molecule has 1 aromatic carbocycles. The molecule has 2 aromatic rings. The lowest BCUT2D eigenvalue weighted by Crippen LogP contribution is -2.14. The molecular weight excluding hydrogens is 370 g/mol. The minimum absolute atomic E-state index is 0.000560. The van der Waals surface area contributed by atoms with Gasteiger partial charge in [0.2, 0.25) is 0 Å².